The lowest BCUT2D eigenvalue weighted by molar-refractivity contribution is 0.579. The Balaban J connectivity index is 1.91. The number of aromatic amines is 1. The highest BCUT2D eigenvalue weighted by Crippen LogP contribution is 2.14. The monoisotopic (exact) mass is 295 g/mol. The fourth-order valence-electron chi connectivity index (χ4n) is 1.82. The molecule has 0 saturated carbocycles. The third kappa shape index (κ3) is 3.34. The summed E-state index contributed by atoms with van der Waals surface area (Å²) in [4.78, 5) is 3.79. The summed E-state index contributed by atoms with van der Waals surface area (Å²) < 4.78 is 26.6. The van der Waals surface area contributed by atoms with E-state index in [-0.39, 0.29) is 10.7 Å². The predicted molar refractivity (Wildman–Crippen MR) is 75.5 cm³/mol. The number of hydrogen-bond acceptors (Lipinski definition) is 5. The van der Waals surface area contributed by atoms with Crippen molar-refractivity contribution < 1.29 is 8.42 Å². The maximum absolute atomic E-state index is 12.0. The second kappa shape index (κ2) is 6.02. The van der Waals surface area contributed by atoms with E-state index in [0.29, 0.717) is 13.0 Å². The molecule has 0 aliphatic heterocycles. The van der Waals surface area contributed by atoms with E-state index in [2.05, 4.69) is 19.9 Å². The van der Waals surface area contributed by atoms with Crippen LogP contribution < -0.4 is 10.5 Å². The minimum absolute atomic E-state index is 0.00526. The lowest BCUT2D eigenvalue weighted by Gasteiger charge is -2.08. The number of rotatable bonds is 6. The highest BCUT2D eigenvalue weighted by atomic mass is 32.2. The molecule has 0 bridgehead atoms. The molecule has 0 radical (unpaired) electrons. The van der Waals surface area contributed by atoms with E-state index in [0.717, 1.165) is 17.7 Å². The van der Waals surface area contributed by atoms with Crippen LogP contribution in [0.25, 0.3) is 0 Å². The maximum atomic E-state index is 12.0. The molecule has 0 fully saturated rings. The Labute approximate surface area is 117 Å². The van der Waals surface area contributed by atoms with Crippen molar-refractivity contribution in [2.45, 2.75) is 24.7 Å². The summed E-state index contributed by atoms with van der Waals surface area (Å²) in [5.41, 5.74) is 7.66. The fraction of sp³-hybridized carbons (Fsp3) is 0.333. The van der Waals surface area contributed by atoms with Gasteiger partial charge in [-0.3, -0.25) is 5.10 Å². The molecule has 20 heavy (non-hydrogen) atoms. The molecular weight excluding hydrogens is 278 g/mol. The van der Waals surface area contributed by atoms with Crippen LogP contribution in [0, 0.1) is 6.92 Å². The van der Waals surface area contributed by atoms with E-state index in [4.69, 9.17) is 5.73 Å². The highest BCUT2D eigenvalue weighted by molar-refractivity contribution is 7.89. The second-order valence-electron chi connectivity index (χ2n) is 4.41. The lowest BCUT2D eigenvalue weighted by Crippen LogP contribution is -2.26. The van der Waals surface area contributed by atoms with Crippen LogP contribution in [0.1, 0.15) is 17.7 Å². The molecule has 108 valence electrons. The summed E-state index contributed by atoms with van der Waals surface area (Å²) in [5, 5.41) is 6.77. The Morgan fingerprint density at radius 3 is 2.90 bits per heavy atom. The third-order valence-electron chi connectivity index (χ3n) is 2.94. The summed E-state index contributed by atoms with van der Waals surface area (Å²) in [6.07, 6.45) is 4.64. The molecule has 0 amide bonds. The van der Waals surface area contributed by atoms with Crippen molar-refractivity contribution in [1.29, 1.82) is 0 Å². The zero-order chi connectivity index (χ0) is 14.6. The number of H-pyrrole nitrogens is 1. The molecule has 0 aliphatic carbocycles. The maximum Gasteiger partial charge on any atom is 0.244 e. The summed E-state index contributed by atoms with van der Waals surface area (Å²) in [7, 11) is -3.60. The van der Waals surface area contributed by atoms with Gasteiger partial charge in [-0.1, -0.05) is 0 Å². The summed E-state index contributed by atoms with van der Waals surface area (Å²) in [6.45, 7) is 2.27. The molecule has 8 heteroatoms. The Bertz CT molecular complexity index is 681. The van der Waals surface area contributed by atoms with Crippen LogP contribution in [-0.4, -0.2) is 30.1 Å². The molecule has 2 rings (SSSR count). The molecule has 2 aromatic rings. The van der Waals surface area contributed by atoms with Crippen molar-refractivity contribution in [3.63, 3.8) is 0 Å². The second-order valence-corrected chi connectivity index (χ2v) is 6.14. The van der Waals surface area contributed by atoms with Gasteiger partial charge in [0.05, 0.1) is 6.20 Å². The number of aryl methyl sites for hydroxylation is 2. The van der Waals surface area contributed by atoms with Crippen LogP contribution in [0.2, 0.25) is 0 Å². The van der Waals surface area contributed by atoms with Gasteiger partial charge >= 0.3 is 0 Å². The van der Waals surface area contributed by atoms with E-state index in [1.165, 1.54) is 12.3 Å². The number of sulfonamides is 1. The number of pyridine rings is 1. The summed E-state index contributed by atoms with van der Waals surface area (Å²) in [5.74, 6) is 0.00526. The van der Waals surface area contributed by atoms with E-state index in [1.807, 2.05) is 6.92 Å². The topological polar surface area (TPSA) is 114 Å². The molecule has 2 aromatic heterocycles. The van der Waals surface area contributed by atoms with Crippen LogP contribution in [0.3, 0.4) is 0 Å². The van der Waals surface area contributed by atoms with E-state index in [9.17, 15) is 8.42 Å². The Morgan fingerprint density at radius 1 is 1.45 bits per heavy atom. The smallest absolute Gasteiger partial charge is 0.244 e. The highest BCUT2D eigenvalue weighted by Gasteiger charge is 2.16. The van der Waals surface area contributed by atoms with E-state index < -0.39 is 10.0 Å². The zero-order valence-electron chi connectivity index (χ0n) is 11.1. The number of nitrogen functional groups attached to an aromatic ring is 1. The Hall–Kier alpha value is -1.93. The third-order valence-corrected chi connectivity index (χ3v) is 4.45. The normalized spacial score (nSPS) is 11.7. The van der Waals surface area contributed by atoms with Gasteiger partial charge in [0.2, 0.25) is 10.0 Å². The van der Waals surface area contributed by atoms with Crippen molar-refractivity contribution >= 4 is 15.8 Å². The van der Waals surface area contributed by atoms with Gasteiger partial charge in [-0.05, 0) is 37.5 Å². The molecule has 0 atom stereocenters. The van der Waals surface area contributed by atoms with Crippen molar-refractivity contribution in [1.82, 2.24) is 19.9 Å². The van der Waals surface area contributed by atoms with Gasteiger partial charge in [0.1, 0.15) is 10.7 Å². The first-order valence-corrected chi connectivity index (χ1v) is 7.68. The number of nitrogens with zero attached hydrogens (tertiary/aromatic N) is 2. The van der Waals surface area contributed by atoms with Crippen LogP contribution in [0.4, 0.5) is 5.82 Å². The van der Waals surface area contributed by atoms with Gasteiger partial charge in [-0.25, -0.2) is 18.1 Å². The average Bonchev–Trinajstić information content (AvgIpc) is 2.81. The Morgan fingerprint density at radius 2 is 2.25 bits per heavy atom. The number of nitrogens with one attached hydrogen (secondary N) is 2. The fourth-order valence-corrected chi connectivity index (χ4v) is 2.98. The van der Waals surface area contributed by atoms with Crippen molar-refractivity contribution in [2.75, 3.05) is 12.3 Å². The zero-order valence-corrected chi connectivity index (χ0v) is 11.9. The van der Waals surface area contributed by atoms with Gasteiger partial charge in [-0.15, -0.1) is 0 Å². The minimum Gasteiger partial charge on any atom is -0.383 e. The van der Waals surface area contributed by atoms with Gasteiger partial charge < -0.3 is 5.73 Å². The largest absolute Gasteiger partial charge is 0.383 e. The number of nitrogens with two attached hydrogens (primary N) is 1. The molecule has 2 heterocycles. The summed E-state index contributed by atoms with van der Waals surface area (Å²) >= 11 is 0. The lowest BCUT2D eigenvalue weighted by atomic mass is 10.1. The first-order chi connectivity index (χ1) is 9.50. The molecular formula is C12H17N5O2S. The van der Waals surface area contributed by atoms with Crippen LogP contribution in [0.5, 0.6) is 0 Å². The predicted octanol–water partition coefficient (Wildman–Crippen LogP) is 0.606. The van der Waals surface area contributed by atoms with Crippen LogP contribution >= 0.6 is 0 Å². The molecule has 0 unspecified atom stereocenters. The van der Waals surface area contributed by atoms with Crippen LogP contribution in [0.15, 0.2) is 29.4 Å². The molecule has 0 aliphatic rings. The quantitative estimate of drug-likeness (QED) is 0.675. The first kappa shape index (κ1) is 14.5. The average molecular weight is 295 g/mol. The van der Waals surface area contributed by atoms with Crippen molar-refractivity contribution in [2.24, 2.45) is 0 Å². The number of anilines is 1. The molecule has 7 nitrogen and oxygen atoms in total. The van der Waals surface area contributed by atoms with Gasteiger partial charge in [0, 0.05) is 18.4 Å². The van der Waals surface area contributed by atoms with Crippen molar-refractivity contribution in [3.8, 4) is 0 Å². The van der Waals surface area contributed by atoms with Crippen molar-refractivity contribution in [3.05, 3.63) is 35.8 Å². The van der Waals surface area contributed by atoms with Gasteiger partial charge in [0.25, 0.3) is 0 Å². The SMILES string of the molecule is Cc1[nH]ncc1CCCNS(=O)(=O)c1cccnc1N. The van der Waals surface area contributed by atoms with Gasteiger partial charge in [-0.2, -0.15) is 5.10 Å². The molecule has 0 saturated heterocycles. The number of hydrogen-bond donors (Lipinski definition) is 3. The molecule has 0 aromatic carbocycles. The van der Waals surface area contributed by atoms with E-state index >= 15 is 0 Å². The van der Waals surface area contributed by atoms with Gasteiger partial charge in [0.15, 0.2) is 0 Å². The summed E-state index contributed by atoms with van der Waals surface area (Å²) in [6, 6.07) is 2.98. The number of aromatic nitrogens is 3. The Kier molecular flexibility index (Phi) is 4.35. The first-order valence-electron chi connectivity index (χ1n) is 6.19. The minimum atomic E-state index is -3.60. The standard InChI is InChI=1S/C12H17N5O2S/c1-9-10(8-15-17-9)4-2-7-16-20(18,19)11-5-3-6-14-12(11)13/h3,5-6,8,16H,2,4,7H2,1H3,(H2,13,14)(H,15,17). The van der Waals surface area contributed by atoms with Crippen LogP contribution in [-0.2, 0) is 16.4 Å². The van der Waals surface area contributed by atoms with E-state index in [1.54, 1.807) is 12.3 Å². The molecule has 4 N–H and O–H groups in total. The molecule has 0 spiro atoms.